The molecule has 38 heavy (non-hydrogen) atoms. The second kappa shape index (κ2) is 13.4. The summed E-state index contributed by atoms with van der Waals surface area (Å²) in [5.74, 6) is 0.561. The monoisotopic (exact) mass is 512 g/mol. The van der Waals surface area contributed by atoms with Crippen molar-refractivity contribution in [2.75, 3.05) is 26.2 Å². The van der Waals surface area contributed by atoms with Crippen LogP contribution in [0.5, 0.6) is 5.75 Å². The van der Waals surface area contributed by atoms with Crippen LogP contribution in [-0.2, 0) is 17.8 Å². The van der Waals surface area contributed by atoms with Crippen LogP contribution in [0, 0.1) is 0 Å². The SMILES string of the molecule is CCCCN(CC(=O)N(CCc1c[nH]c2ccccc12)Cc1ccc(OCC)cc1)C(=O)c1cccnc1. The van der Waals surface area contributed by atoms with Gasteiger partial charge < -0.3 is 19.5 Å². The standard InChI is InChI=1S/C31H36N4O3/c1-3-5-18-35(31(37)26-9-8-17-32-20-26)23-30(36)34(22-24-12-14-27(15-13-24)38-4-2)19-16-25-21-33-29-11-7-6-10-28(25)29/h6-15,17,20-21,33H,3-5,16,18-19,22-23H2,1-2H3. The molecular weight excluding hydrogens is 476 g/mol. The first-order chi connectivity index (χ1) is 18.6. The van der Waals surface area contributed by atoms with Gasteiger partial charge in [-0.25, -0.2) is 0 Å². The topological polar surface area (TPSA) is 78.5 Å². The molecule has 0 aliphatic rings. The number of nitrogens with zero attached hydrogens (tertiary/aromatic N) is 3. The van der Waals surface area contributed by atoms with Gasteiger partial charge in [0.25, 0.3) is 5.91 Å². The molecule has 2 aromatic heterocycles. The lowest BCUT2D eigenvalue weighted by Gasteiger charge is -2.28. The smallest absolute Gasteiger partial charge is 0.255 e. The number of carbonyl (C=O) groups excluding carboxylic acids is 2. The summed E-state index contributed by atoms with van der Waals surface area (Å²) in [4.78, 5) is 37.9. The highest BCUT2D eigenvalue weighted by molar-refractivity contribution is 5.96. The lowest BCUT2D eigenvalue weighted by molar-refractivity contribution is -0.132. The van der Waals surface area contributed by atoms with Crippen LogP contribution in [0.3, 0.4) is 0 Å². The van der Waals surface area contributed by atoms with Gasteiger partial charge in [-0.2, -0.15) is 0 Å². The van der Waals surface area contributed by atoms with Gasteiger partial charge >= 0.3 is 0 Å². The number of amides is 2. The molecule has 0 unspecified atom stereocenters. The van der Waals surface area contributed by atoms with E-state index in [0.717, 1.165) is 35.1 Å². The maximum absolute atomic E-state index is 13.7. The number of para-hydroxylation sites is 1. The van der Waals surface area contributed by atoms with Crippen LogP contribution in [-0.4, -0.2) is 57.8 Å². The van der Waals surface area contributed by atoms with E-state index >= 15 is 0 Å². The number of carbonyl (C=O) groups is 2. The molecule has 0 fully saturated rings. The predicted molar refractivity (Wildman–Crippen MR) is 150 cm³/mol. The largest absolute Gasteiger partial charge is 0.494 e. The Morgan fingerprint density at radius 3 is 2.50 bits per heavy atom. The maximum Gasteiger partial charge on any atom is 0.255 e. The molecule has 0 aliphatic carbocycles. The fraction of sp³-hybridized carbons (Fsp3) is 0.323. The highest BCUT2D eigenvalue weighted by Gasteiger charge is 2.23. The minimum absolute atomic E-state index is 0.0264. The van der Waals surface area contributed by atoms with E-state index in [-0.39, 0.29) is 18.4 Å². The number of ether oxygens (including phenoxy) is 1. The van der Waals surface area contributed by atoms with Crippen molar-refractivity contribution in [2.24, 2.45) is 0 Å². The molecule has 0 atom stereocenters. The van der Waals surface area contributed by atoms with E-state index in [4.69, 9.17) is 4.74 Å². The molecule has 0 bridgehead atoms. The molecule has 4 aromatic rings. The van der Waals surface area contributed by atoms with Gasteiger partial charge in [0.1, 0.15) is 12.3 Å². The minimum Gasteiger partial charge on any atom is -0.494 e. The van der Waals surface area contributed by atoms with Crippen molar-refractivity contribution in [3.8, 4) is 5.75 Å². The van der Waals surface area contributed by atoms with Crippen LogP contribution in [0.1, 0.15) is 48.2 Å². The summed E-state index contributed by atoms with van der Waals surface area (Å²) in [5, 5.41) is 1.16. The van der Waals surface area contributed by atoms with Crippen molar-refractivity contribution in [3.05, 3.63) is 95.9 Å². The Bertz CT molecular complexity index is 1320. The molecule has 198 valence electrons. The molecule has 0 spiro atoms. The Morgan fingerprint density at radius 1 is 0.947 bits per heavy atom. The zero-order valence-electron chi connectivity index (χ0n) is 22.2. The zero-order chi connectivity index (χ0) is 26.7. The molecular formula is C31H36N4O3. The normalized spacial score (nSPS) is 10.9. The van der Waals surface area contributed by atoms with Crippen LogP contribution in [0.25, 0.3) is 10.9 Å². The number of unbranched alkanes of at least 4 members (excludes halogenated alkanes) is 1. The number of aromatic amines is 1. The second-order valence-electron chi connectivity index (χ2n) is 9.32. The van der Waals surface area contributed by atoms with Crippen LogP contribution in [0.2, 0.25) is 0 Å². The van der Waals surface area contributed by atoms with Crippen molar-refractivity contribution < 1.29 is 14.3 Å². The van der Waals surface area contributed by atoms with Gasteiger partial charge in [-0.15, -0.1) is 0 Å². The number of aromatic nitrogens is 2. The van der Waals surface area contributed by atoms with Gasteiger partial charge in [-0.3, -0.25) is 14.6 Å². The van der Waals surface area contributed by atoms with Gasteiger partial charge in [0.05, 0.1) is 12.2 Å². The molecule has 1 N–H and O–H groups in total. The number of hydrogen-bond donors (Lipinski definition) is 1. The number of hydrogen-bond acceptors (Lipinski definition) is 4. The lowest BCUT2D eigenvalue weighted by atomic mass is 10.1. The number of rotatable bonds is 13. The summed E-state index contributed by atoms with van der Waals surface area (Å²) >= 11 is 0. The van der Waals surface area contributed by atoms with E-state index < -0.39 is 0 Å². The van der Waals surface area contributed by atoms with Crippen LogP contribution < -0.4 is 4.74 Å². The molecule has 4 rings (SSSR count). The molecule has 0 aliphatic heterocycles. The Labute approximate surface area is 224 Å². The van der Waals surface area contributed by atoms with Gasteiger partial charge in [-0.05, 0) is 61.2 Å². The molecule has 7 heteroatoms. The van der Waals surface area contributed by atoms with E-state index in [1.165, 1.54) is 5.56 Å². The maximum atomic E-state index is 13.7. The van der Waals surface area contributed by atoms with E-state index in [2.05, 4.69) is 29.0 Å². The molecule has 2 heterocycles. The van der Waals surface area contributed by atoms with Crippen molar-refractivity contribution in [2.45, 2.75) is 39.7 Å². The van der Waals surface area contributed by atoms with E-state index in [0.29, 0.717) is 38.2 Å². The van der Waals surface area contributed by atoms with Crippen LogP contribution >= 0.6 is 0 Å². The zero-order valence-corrected chi connectivity index (χ0v) is 22.2. The highest BCUT2D eigenvalue weighted by atomic mass is 16.5. The van der Waals surface area contributed by atoms with Gasteiger partial charge in [0, 0.05) is 49.1 Å². The summed E-state index contributed by atoms with van der Waals surface area (Å²) in [7, 11) is 0. The fourth-order valence-electron chi connectivity index (χ4n) is 4.50. The van der Waals surface area contributed by atoms with E-state index in [1.807, 2.05) is 54.4 Å². The van der Waals surface area contributed by atoms with Gasteiger partial charge in [0.2, 0.25) is 5.91 Å². The molecule has 0 saturated heterocycles. The van der Waals surface area contributed by atoms with Crippen molar-refractivity contribution in [1.82, 2.24) is 19.8 Å². The van der Waals surface area contributed by atoms with Crippen LogP contribution in [0.15, 0.2) is 79.3 Å². The van der Waals surface area contributed by atoms with Crippen molar-refractivity contribution in [3.63, 3.8) is 0 Å². The molecule has 0 radical (unpaired) electrons. The third-order valence-corrected chi connectivity index (χ3v) is 6.59. The molecule has 0 saturated carbocycles. The third-order valence-electron chi connectivity index (χ3n) is 6.59. The van der Waals surface area contributed by atoms with E-state index in [1.54, 1.807) is 29.4 Å². The first-order valence-electron chi connectivity index (χ1n) is 13.3. The quantitative estimate of drug-likeness (QED) is 0.257. The second-order valence-corrected chi connectivity index (χ2v) is 9.32. The van der Waals surface area contributed by atoms with Gasteiger partial charge in [0.15, 0.2) is 0 Å². The summed E-state index contributed by atoms with van der Waals surface area (Å²) in [6.45, 7) is 6.18. The predicted octanol–water partition coefficient (Wildman–Crippen LogP) is 5.48. The first-order valence-corrected chi connectivity index (χ1v) is 13.3. The van der Waals surface area contributed by atoms with Crippen molar-refractivity contribution in [1.29, 1.82) is 0 Å². The molecule has 2 aromatic carbocycles. The first kappa shape index (κ1) is 26.9. The van der Waals surface area contributed by atoms with Gasteiger partial charge in [-0.1, -0.05) is 43.7 Å². The number of nitrogens with one attached hydrogen (secondary N) is 1. The number of H-pyrrole nitrogens is 1. The molecule has 7 nitrogen and oxygen atoms in total. The lowest BCUT2D eigenvalue weighted by Crippen LogP contribution is -2.43. The minimum atomic E-state index is -0.169. The third kappa shape index (κ3) is 7.00. The number of fused-ring (bicyclic) bond motifs is 1. The average molecular weight is 513 g/mol. The highest BCUT2D eigenvalue weighted by Crippen LogP contribution is 2.20. The summed E-state index contributed by atoms with van der Waals surface area (Å²) in [6, 6.07) is 19.5. The summed E-state index contributed by atoms with van der Waals surface area (Å²) in [6.07, 6.45) is 7.68. The van der Waals surface area contributed by atoms with Crippen molar-refractivity contribution >= 4 is 22.7 Å². The van der Waals surface area contributed by atoms with Crippen LogP contribution in [0.4, 0.5) is 0 Å². The Morgan fingerprint density at radius 2 is 1.76 bits per heavy atom. The number of benzene rings is 2. The number of pyridine rings is 1. The Balaban J connectivity index is 1.53. The summed E-state index contributed by atoms with van der Waals surface area (Å²) in [5.41, 5.74) is 3.76. The fourth-order valence-corrected chi connectivity index (χ4v) is 4.50. The van der Waals surface area contributed by atoms with E-state index in [9.17, 15) is 9.59 Å². The Kier molecular flexibility index (Phi) is 9.51. The summed E-state index contributed by atoms with van der Waals surface area (Å²) < 4.78 is 5.58. The Hall–Kier alpha value is -4.13. The molecule has 2 amide bonds. The average Bonchev–Trinajstić information content (AvgIpc) is 3.37.